The van der Waals surface area contributed by atoms with Crippen molar-refractivity contribution in [2.24, 2.45) is 0 Å². The molecule has 0 spiro atoms. The Morgan fingerprint density at radius 3 is 2.23 bits per heavy atom. The Morgan fingerprint density at radius 1 is 0.909 bits per heavy atom. The first-order valence-electron chi connectivity index (χ1n) is 7.46. The summed E-state index contributed by atoms with van der Waals surface area (Å²) in [6.07, 6.45) is 1.72. The third-order valence-corrected chi connectivity index (χ3v) is 3.87. The van der Waals surface area contributed by atoms with Crippen LogP contribution in [0.25, 0.3) is 0 Å². The molecule has 4 nitrogen and oxygen atoms in total. The van der Waals surface area contributed by atoms with Gasteiger partial charge in [-0.1, -0.05) is 60.7 Å². The van der Waals surface area contributed by atoms with Gasteiger partial charge in [0.25, 0.3) is 5.91 Å². The molecule has 0 bridgehead atoms. The van der Waals surface area contributed by atoms with Crippen LogP contribution < -0.4 is 5.32 Å². The van der Waals surface area contributed by atoms with Gasteiger partial charge in [-0.3, -0.25) is 10.1 Å². The average molecular weight is 294 g/mol. The highest BCUT2D eigenvalue weighted by atomic mass is 16.2. The molecule has 1 atom stereocenters. The Balaban J connectivity index is 1.68. The second-order valence-electron chi connectivity index (χ2n) is 5.39. The van der Waals surface area contributed by atoms with Crippen LogP contribution in [0.5, 0.6) is 0 Å². The minimum absolute atomic E-state index is 0.240. The van der Waals surface area contributed by atoms with Crippen LogP contribution in [0.1, 0.15) is 23.6 Å². The summed E-state index contributed by atoms with van der Waals surface area (Å²) >= 11 is 0. The van der Waals surface area contributed by atoms with Crippen LogP contribution in [0.4, 0.5) is 4.79 Å². The van der Waals surface area contributed by atoms with E-state index in [-0.39, 0.29) is 11.9 Å². The van der Waals surface area contributed by atoms with Gasteiger partial charge in [-0.2, -0.15) is 0 Å². The van der Waals surface area contributed by atoms with E-state index < -0.39 is 6.04 Å². The van der Waals surface area contributed by atoms with Crippen LogP contribution >= 0.6 is 0 Å². The quantitative estimate of drug-likeness (QED) is 0.862. The van der Waals surface area contributed by atoms with E-state index in [1.807, 2.05) is 48.5 Å². The molecular weight excluding hydrogens is 276 g/mol. The van der Waals surface area contributed by atoms with Gasteiger partial charge in [0, 0.05) is 6.54 Å². The van der Waals surface area contributed by atoms with Crippen molar-refractivity contribution >= 4 is 11.9 Å². The monoisotopic (exact) mass is 294 g/mol. The lowest BCUT2D eigenvalue weighted by atomic mass is 10.1. The summed E-state index contributed by atoms with van der Waals surface area (Å²) in [5, 5.41) is 2.41. The molecule has 1 unspecified atom stereocenters. The second kappa shape index (κ2) is 6.43. The van der Waals surface area contributed by atoms with Gasteiger partial charge in [-0.05, 0) is 24.0 Å². The minimum Gasteiger partial charge on any atom is -0.308 e. The van der Waals surface area contributed by atoms with Gasteiger partial charge >= 0.3 is 6.03 Å². The molecule has 2 aromatic rings. The Kier molecular flexibility index (Phi) is 4.19. The third kappa shape index (κ3) is 3.01. The first kappa shape index (κ1) is 14.3. The van der Waals surface area contributed by atoms with Crippen molar-refractivity contribution in [2.45, 2.75) is 18.9 Å². The number of hydrogen-bond donors (Lipinski definition) is 1. The first-order valence-corrected chi connectivity index (χ1v) is 7.46. The molecule has 1 N–H and O–H groups in total. The summed E-state index contributed by atoms with van der Waals surface area (Å²) in [4.78, 5) is 25.7. The summed E-state index contributed by atoms with van der Waals surface area (Å²) < 4.78 is 0. The highest BCUT2D eigenvalue weighted by Gasteiger charge is 2.38. The van der Waals surface area contributed by atoms with Crippen LogP contribution in [-0.2, 0) is 11.2 Å². The molecule has 0 radical (unpaired) electrons. The van der Waals surface area contributed by atoms with Crippen molar-refractivity contribution < 1.29 is 9.59 Å². The van der Waals surface area contributed by atoms with Crippen LogP contribution in [-0.4, -0.2) is 23.4 Å². The summed E-state index contributed by atoms with van der Waals surface area (Å²) in [6.45, 7) is 0.562. The second-order valence-corrected chi connectivity index (χ2v) is 5.39. The Bertz CT molecular complexity index is 655. The number of hydrogen-bond acceptors (Lipinski definition) is 2. The fraction of sp³-hybridized carbons (Fsp3) is 0.222. The summed E-state index contributed by atoms with van der Waals surface area (Å²) in [5.41, 5.74) is 2.09. The number of urea groups is 1. The predicted octanol–water partition coefficient (Wildman–Crippen LogP) is 2.91. The van der Waals surface area contributed by atoms with Gasteiger partial charge in [-0.25, -0.2) is 4.79 Å². The summed E-state index contributed by atoms with van der Waals surface area (Å²) in [7, 11) is 0. The van der Waals surface area contributed by atoms with Crippen LogP contribution in [0.2, 0.25) is 0 Å². The molecule has 4 heteroatoms. The number of nitrogens with one attached hydrogen (secondary N) is 1. The number of carbonyl (C=O) groups is 2. The fourth-order valence-electron chi connectivity index (χ4n) is 2.80. The Hall–Kier alpha value is -2.62. The molecule has 2 aromatic carbocycles. The maximum Gasteiger partial charge on any atom is 0.325 e. The largest absolute Gasteiger partial charge is 0.325 e. The third-order valence-electron chi connectivity index (χ3n) is 3.87. The predicted molar refractivity (Wildman–Crippen MR) is 84.2 cm³/mol. The molecule has 1 aliphatic rings. The molecule has 0 aromatic heterocycles. The number of rotatable bonds is 5. The van der Waals surface area contributed by atoms with E-state index in [1.54, 1.807) is 4.90 Å². The lowest BCUT2D eigenvalue weighted by Gasteiger charge is -2.21. The fourth-order valence-corrected chi connectivity index (χ4v) is 2.80. The minimum atomic E-state index is -0.510. The van der Waals surface area contributed by atoms with E-state index >= 15 is 0 Å². The van der Waals surface area contributed by atoms with E-state index in [2.05, 4.69) is 17.4 Å². The summed E-state index contributed by atoms with van der Waals surface area (Å²) in [5.74, 6) is -0.240. The standard InChI is InChI=1S/C18H18N2O2/c21-17-16(15-11-5-2-6-12-15)20(18(22)19-17)13-7-10-14-8-3-1-4-9-14/h1-6,8-9,11-12,16H,7,10,13H2,(H,19,21,22). The van der Waals surface area contributed by atoms with Crippen LogP contribution in [0.3, 0.4) is 0 Å². The van der Waals surface area contributed by atoms with Crippen molar-refractivity contribution in [1.29, 1.82) is 0 Å². The molecule has 0 saturated carbocycles. The van der Waals surface area contributed by atoms with E-state index in [0.29, 0.717) is 6.54 Å². The van der Waals surface area contributed by atoms with Gasteiger partial charge in [0.2, 0.25) is 0 Å². The lowest BCUT2D eigenvalue weighted by molar-refractivity contribution is -0.121. The van der Waals surface area contributed by atoms with Crippen molar-refractivity contribution in [2.75, 3.05) is 6.54 Å². The number of carbonyl (C=O) groups excluding carboxylic acids is 2. The van der Waals surface area contributed by atoms with Crippen LogP contribution in [0, 0.1) is 0 Å². The number of benzene rings is 2. The zero-order valence-electron chi connectivity index (χ0n) is 12.2. The molecule has 3 rings (SSSR count). The number of nitrogens with zero attached hydrogens (tertiary/aromatic N) is 1. The highest BCUT2D eigenvalue weighted by Crippen LogP contribution is 2.25. The average Bonchev–Trinajstić information content (AvgIpc) is 2.83. The van der Waals surface area contributed by atoms with E-state index in [0.717, 1.165) is 18.4 Å². The van der Waals surface area contributed by atoms with Gasteiger partial charge in [0.05, 0.1) is 0 Å². The number of amides is 3. The molecule has 1 heterocycles. The van der Waals surface area contributed by atoms with Crippen molar-refractivity contribution in [1.82, 2.24) is 10.2 Å². The Labute approximate surface area is 129 Å². The molecule has 1 fully saturated rings. The molecule has 3 amide bonds. The maximum atomic E-state index is 12.1. The number of aryl methyl sites for hydroxylation is 1. The van der Waals surface area contributed by atoms with E-state index in [9.17, 15) is 9.59 Å². The zero-order valence-corrected chi connectivity index (χ0v) is 12.2. The van der Waals surface area contributed by atoms with Crippen molar-refractivity contribution in [3.63, 3.8) is 0 Å². The normalized spacial score (nSPS) is 17.6. The molecule has 1 aliphatic heterocycles. The smallest absolute Gasteiger partial charge is 0.308 e. The topological polar surface area (TPSA) is 49.4 Å². The summed E-state index contributed by atoms with van der Waals surface area (Å²) in [6, 6.07) is 18.8. The maximum absolute atomic E-state index is 12.1. The molecule has 112 valence electrons. The molecule has 0 aliphatic carbocycles. The van der Waals surface area contributed by atoms with Gasteiger partial charge < -0.3 is 4.90 Å². The zero-order chi connectivity index (χ0) is 15.4. The highest BCUT2D eigenvalue weighted by molar-refractivity contribution is 6.04. The first-order chi connectivity index (χ1) is 10.8. The Morgan fingerprint density at radius 2 is 1.55 bits per heavy atom. The van der Waals surface area contributed by atoms with Gasteiger partial charge in [-0.15, -0.1) is 0 Å². The SMILES string of the molecule is O=C1NC(=O)N(CCCc2ccccc2)C1c1ccccc1. The van der Waals surface area contributed by atoms with Gasteiger partial charge in [0.15, 0.2) is 0 Å². The van der Waals surface area contributed by atoms with E-state index in [1.165, 1.54) is 5.56 Å². The van der Waals surface area contributed by atoms with Crippen molar-refractivity contribution in [3.05, 3.63) is 71.8 Å². The molecule has 1 saturated heterocycles. The van der Waals surface area contributed by atoms with E-state index in [4.69, 9.17) is 0 Å². The molecular formula is C18H18N2O2. The molecule has 22 heavy (non-hydrogen) atoms. The number of imide groups is 1. The van der Waals surface area contributed by atoms with Crippen LogP contribution in [0.15, 0.2) is 60.7 Å². The van der Waals surface area contributed by atoms with Gasteiger partial charge in [0.1, 0.15) is 6.04 Å². The lowest BCUT2D eigenvalue weighted by Crippen LogP contribution is -2.31. The van der Waals surface area contributed by atoms with Crippen molar-refractivity contribution in [3.8, 4) is 0 Å².